The fraction of sp³-hybridized carbons (Fsp3) is 0.242. The molecule has 0 radical (unpaired) electrons. The molecule has 1 aliphatic rings. The smallest absolute Gasteiger partial charge is 0.338 e. The van der Waals surface area contributed by atoms with E-state index in [9.17, 15) is 9.59 Å². The van der Waals surface area contributed by atoms with Crippen LogP contribution in [0.4, 0.5) is 0 Å². The van der Waals surface area contributed by atoms with Crippen LogP contribution in [-0.2, 0) is 16.1 Å². The van der Waals surface area contributed by atoms with Gasteiger partial charge in [-0.25, -0.2) is 9.79 Å². The number of benzene rings is 3. The van der Waals surface area contributed by atoms with Gasteiger partial charge < -0.3 is 14.2 Å². The molecule has 0 amide bonds. The van der Waals surface area contributed by atoms with E-state index in [2.05, 4.69) is 4.99 Å². The van der Waals surface area contributed by atoms with Crippen LogP contribution in [0.25, 0.3) is 6.08 Å². The lowest BCUT2D eigenvalue weighted by Gasteiger charge is -2.25. The van der Waals surface area contributed by atoms with E-state index in [4.69, 9.17) is 25.8 Å². The number of halogens is 1. The van der Waals surface area contributed by atoms with E-state index in [0.29, 0.717) is 37.1 Å². The molecular weight excluding hydrogens is 604 g/mol. The molecule has 0 fully saturated rings. The number of nitrogens with zero attached hydrogens (tertiary/aromatic N) is 2. The minimum absolute atomic E-state index is 0.247. The van der Waals surface area contributed by atoms with Gasteiger partial charge in [0, 0.05) is 15.5 Å². The lowest BCUT2D eigenvalue weighted by atomic mass is 9.96. The Morgan fingerprint density at radius 2 is 1.86 bits per heavy atom. The fourth-order valence-corrected chi connectivity index (χ4v) is 6.42. The van der Waals surface area contributed by atoms with E-state index in [1.165, 1.54) is 11.3 Å². The number of rotatable bonds is 9. The highest BCUT2D eigenvalue weighted by Crippen LogP contribution is 2.33. The average Bonchev–Trinajstić information content (AvgIpc) is 3.29. The molecule has 4 aromatic rings. The van der Waals surface area contributed by atoms with Crippen molar-refractivity contribution in [2.75, 3.05) is 13.4 Å². The minimum atomic E-state index is -0.671. The molecular formula is C33H31ClN2O5S2. The highest BCUT2D eigenvalue weighted by molar-refractivity contribution is 7.98. The monoisotopic (exact) mass is 634 g/mol. The first-order valence-corrected chi connectivity index (χ1v) is 16.0. The minimum Gasteiger partial charge on any atom is -0.493 e. The largest absolute Gasteiger partial charge is 0.493 e. The summed E-state index contributed by atoms with van der Waals surface area (Å²) >= 11 is 9.17. The first-order valence-electron chi connectivity index (χ1n) is 13.6. The third-order valence-corrected chi connectivity index (χ3v) is 8.94. The van der Waals surface area contributed by atoms with Crippen molar-refractivity contribution in [3.8, 4) is 11.5 Å². The Hall–Kier alpha value is -3.79. The standard InChI is InChI=1S/C33H31ClN2O5S2/c1-19(2)41-32(38)29-20(3)35-33-36(30(29)22-11-13-24(42-5)14-12-22)31(37)28(43-33)17-21-10-15-26(27(16-21)39-4)40-18-23-8-6-7-9-25(23)34/h6-17,19,30H,18H2,1-5H3/b28-17-/t30-/m0/s1. The zero-order valence-electron chi connectivity index (χ0n) is 24.4. The number of methoxy groups -OCH3 is 1. The molecule has 1 aliphatic heterocycles. The number of carbonyl (C=O) groups excluding carboxylic acids is 1. The summed E-state index contributed by atoms with van der Waals surface area (Å²) in [4.78, 5) is 33.6. The van der Waals surface area contributed by atoms with Crippen molar-refractivity contribution in [1.29, 1.82) is 0 Å². The van der Waals surface area contributed by atoms with Gasteiger partial charge in [0.2, 0.25) is 0 Å². The number of esters is 1. The maximum absolute atomic E-state index is 14.0. The Kier molecular flexibility index (Phi) is 9.44. The number of thiazole rings is 1. The van der Waals surface area contributed by atoms with Gasteiger partial charge >= 0.3 is 5.97 Å². The second kappa shape index (κ2) is 13.2. The van der Waals surface area contributed by atoms with Gasteiger partial charge in [-0.1, -0.05) is 59.3 Å². The van der Waals surface area contributed by atoms with Gasteiger partial charge in [-0.05, 0) is 74.6 Å². The lowest BCUT2D eigenvalue weighted by molar-refractivity contribution is -0.143. The normalized spacial score (nSPS) is 14.9. The van der Waals surface area contributed by atoms with E-state index in [1.807, 2.05) is 66.9 Å². The zero-order valence-corrected chi connectivity index (χ0v) is 26.8. The van der Waals surface area contributed by atoms with Crippen molar-refractivity contribution < 1.29 is 19.0 Å². The first kappa shape index (κ1) is 30.7. The quantitative estimate of drug-likeness (QED) is 0.162. The predicted molar refractivity (Wildman–Crippen MR) is 172 cm³/mol. The SMILES string of the molecule is COc1cc(/C=c2\sc3n(c2=O)[C@@H](c2ccc(SC)cc2)C(C(=O)OC(C)C)=C(C)N=3)ccc1OCc1ccccc1Cl. The number of ether oxygens (including phenoxy) is 3. The number of allylic oxidation sites excluding steroid dienone is 1. The summed E-state index contributed by atoms with van der Waals surface area (Å²) in [6, 6.07) is 20.2. The maximum atomic E-state index is 14.0. The van der Waals surface area contributed by atoms with E-state index in [-0.39, 0.29) is 18.3 Å². The molecule has 0 N–H and O–H groups in total. The highest BCUT2D eigenvalue weighted by atomic mass is 35.5. The molecule has 3 aromatic carbocycles. The van der Waals surface area contributed by atoms with Gasteiger partial charge in [-0.15, -0.1) is 11.8 Å². The van der Waals surface area contributed by atoms with Crippen LogP contribution >= 0.6 is 34.7 Å². The summed E-state index contributed by atoms with van der Waals surface area (Å²) in [5.41, 5.74) is 3.05. The summed E-state index contributed by atoms with van der Waals surface area (Å²) in [7, 11) is 1.57. The number of aromatic nitrogens is 1. The van der Waals surface area contributed by atoms with E-state index >= 15 is 0 Å². The van der Waals surface area contributed by atoms with Crippen LogP contribution < -0.4 is 24.4 Å². The molecule has 0 aliphatic carbocycles. The van der Waals surface area contributed by atoms with Gasteiger partial charge in [0.25, 0.3) is 5.56 Å². The van der Waals surface area contributed by atoms with Crippen molar-refractivity contribution in [2.24, 2.45) is 4.99 Å². The third kappa shape index (κ3) is 6.59. The second-order valence-electron chi connectivity index (χ2n) is 10.1. The molecule has 0 bridgehead atoms. The van der Waals surface area contributed by atoms with Crippen LogP contribution in [-0.4, -0.2) is 30.0 Å². The molecule has 0 unspecified atom stereocenters. The first-order chi connectivity index (χ1) is 20.7. The Bertz CT molecular complexity index is 1880. The second-order valence-corrected chi connectivity index (χ2v) is 12.4. The van der Waals surface area contributed by atoms with E-state index in [1.54, 1.807) is 56.4 Å². The topological polar surface area (TPSA) is 79.1 Å². The molecule has 1 aromatic heterocycles. The van der Waals surface area contributed by atoms with Crippen LogP contribution in [0, 0.1) is 0 Å². The molecule has 5 rings (SSSR count). The van der Waals surface area contributed by atoms with Gasteiger partial charge in [-0.2, -0.15) is 0 Å². The fourth-order valence-electron chi connectivity index (χ4n) is 4.78. The van der Waals surface area contributed by atoms with Gasteiger partial charge in [0.05, 0.1) is 35.1 Å². The number of hydrogen-bond donors (Lipinski definition) is 0. The molecule has 0 spiro atoms. The number of fused-ring (bicyclic) bond motifs is 1. The van der Waals surface area contributed by atoms with Gasteiger partial charge in [0.15, 0.2) is 16.3 Å². The van der Waals surface area contributed by atoms with Crippen LogP contribution in [0.2, 0.25) is 5.02 Å². The summed E-state index contributed by atoms with van der Waals surface area (Å²) in [5, 5.41) is 0.628. The summed E-state index contributed by atoms with van der Waals surface area (Å²) in [5.74, 6) is 0.593. The van der Waals surface area contributed by atoms with E-state index < -0.39 is 12.0 Å². The predicted octanol–water partition coefficient (Wildman–Crippen LogP) is 6.15. The molecule has 1 atom stereocenters. The molecule has 0 saturated carbocycles. The van der Waals surface area contributed by atoms with E-state index in [0.717, 1.165) is 21.6 Å². The molecule has 222 valence electrons. The van der Waals surface area contributed by atoms with Crippen molar-refractivity contribution in [1.82, 2.24) is 4.57 Å². The van der Waals surface area contributed by atoms with Crippen molar-refractivity contribution in [3.05, 3.63) is 119 Å². The van der Waals surface area contributed by atoms with Crippen LogP contribution in [0.1, 0.15) is 43.5 Å². The highest BCUT2D eigenvalue weighted by Gasteiger charge is 2.33. The number of thioether (sulfide) groups is 1. The zero-order chi connectivity index (χ0) is 30.7. The Balaban J connectivity index is 1.55. The van der Waals surface area contributed by atoms with Gasteiger partial charge in [0.1, 0.15) is 6.61 Å². The summed E-state index contributed by atoms with van der Waals surface area (Å²) < 4.78 is 19.2. The molecule has 43 heavy (non-hydrogen) atoms. The lowest BCUT2D eigenvalue weighted by Crippen LogP contribution is -2.40. The van der Waals surface area contributed by atoms with Crippen LogP contribution in [0.3, 0.4) is 0 Å². The van der Waals surface area contributed by atoms with Crippen molar-refractivity contribution in [3.63, 3.8) is 0 Å². The Morgan fingerprint density at radius 1 is 1.12 bits per heavy atom. The Morgan fingerprint density at radius 3 is 2.53 bits per heavy atom. The maximum Gasteiger partial charge on any atom is 0.338 e. The Labute approximate surface area is 263 Å². The summed E-state index contributed by atoms with van der Waals surface area (Å²) in [6.07, 6.45) is 3.48. The molecule has 2 heterocycles. The number of carbonyl (C=O) groups is 1. The third-order valence-electron chi connectivity index (χ3n) is 6.84. The van der Waals surface area contributed by atoms with Gasteiger partial charge in [-0.3, -0.25) is 9.36 Å². The average molecular weight is 635 g/mol. The van der Waals surface area contributed by atoms with Crippen molar-refractivity contribution >= 4 is 46.7 Å². The molecule has 0 saturated heterocycles. The molecule has 10 heteroatoms. The molecule has 7 nitrogen and oxygen atoms in total. The van der Waals surface area contributed by atoms with Crippen molar-refractivity contribution in [2.45, 2.75) is 44.4 Å². The summed E-state index contributed by atoms with van der Waals surface area (Å²) in [6.45, 7) is 5.66. The number of hydrogen-bond acceptors (Lipinski definition) is 8. The van der Waals surface area contributed by atoms with Crippen LogP contribution in [0.5, 0.6) is 11.5 Å². The van der Waals surface area contributed by atoms with Crippen LogP contribution in [0.15, 0.2) is 92.7 Å².